The van der Waals surface area contributed by atoms with Crippen LogP contribution < -0.4 is 10.1 Å². The minimum absolute atomic E-state index is 0.0956. The Morgan fingerprint density at radius 3 is 2.63 bits per heavy atom. The Morgan fingerprint density at radius 2 is 1.93 bits per heavy atom. The summed E-state index contributed by atoms with van der Waals surface area (Å²) in [5.41, 5.74) is 3.14. The number of nitrogens with one attached hydrogen (secondary N) is 1. The highest BCUT2D eigenvalue weighted by Crippen LogP contribution is 2.21. The zero-order valence-electron chi connectivity index (χ0n) is 17.3. The Morgan fingerprint density at radius 1 is 1.17 bits per heavy atom. The quantitative estimate of drug-likeness (QED) is 0.485. The molecular weight excluding hydrogens is 420 g/mol. The summed E-state index contributed by atoms with van der Waals surface area (Å²) in [6.07, 6.45) is 2.76. The highest BCUT2D eigenvalue weighted by molar-refractivity contribution is 7.99. The van der Waals surface area contributed by atoms with Crippen molar-refractivity contribution in [2.75, 3.05) is 18.2 Å². The molecule has 0 bridgehead atoms. The van der Waals surface area contributed by atoms with Gasteiger partial charge in [-0.2, -0.15) is 0 Å². The fourth-order valence-corrected chi connectivity index (χ4v) is 3.95. The second-order valence-electron chi connectivity index (χ2n) is 6.96. The number of methoxy groups -OCH3 is 1. The number of aromatic nitrogens is 3. The van der Waals surface area contributed by atoms with Crippen molar-refractivity contribution in [1.82, 2.24) is 14.8 Å². The van der Waals surface area contributed by atoms with Crippen molar-refractivity contribution in [1.29, 1.82) is 0 Å². The Balaban J connectivity index is 1.47. The van der Waals surface area contributed by atoms with E-state index in [4.69, 9.17) is 16.3 Å². The van der Waals surface area contributed by atoms with E-state index in [9.17, 15) is 4.79 Å². The van der Waals surface area contributed by atoms with Gasteiger partial charge in [0, 0.05) is 24.2 Å². The predicted octanol–water partition coefficient (Wildman–Crippen LogP) is 4.69. The molecule has 0 aliphatic carbocycles. The van der Waals surface area contributed by atoms with Crippen LogP contribution in [0.25, 0.3) is 0 Å². The predicted molar refractivity (Wildman–Crippen MR) is 122 cm³/mol. The second-order valence-corrected chi connectivity index (χ2v) is 8.34. The number of amides is 1. The highest BCUT2D eigenvalue weighted by atomic mass is 35.5. The monoisotopic (exact) mass is 444 g/mol. The summed E-state index contributed by atoms with van der Waals surface area (Å²) in [6.45, 7) is 2.05. The van der Waals surface area contributed by atoms with Gasteiger partial charge in [-0.25, -0.2) is 0 Å². The number of carbonyl (C=O) groups excluding carboxylic acids is 1. The molecule has 1 aromatic heterocycles. The summed E-state index contributed by atoms with van der Waals surface area (Å²) < 4.78 is 7.27. The molecule has 0 spiro atoms. The molecule has 6 nitrogen and oxygen atoms in total. The minimum atomic E-state index is -0.0956. The highest BCUT2D eigenvalue weighted by Gasteiger charge is 2.12. The van der Waals surface area contributed by atoms with E-state index in [0.717, 1.165) is 47.2 Å². The third-order valence-electron chi connectivity index (χ3n) is 4.71. The SMILES string of the molecule is COc1ccc(CCCc2nnc(SCC(=O)Nc3ccc(Cl)cc3)n2C)cc1C. The first-order valence-electron chi connectivity index (χ1n) is 9.66. The molecule has 0 aliphatic rings. The van der Waals surface area contributed by atoms with Crippen molar-refractivity contribution in [3.8, 4) is 5.75 Å². The summed E-state index contributed by atoms with van der Waals surface area (Å²) in [4.78, 5) is 12.2. The van der Waals surface area contributed by atoms with Gasteiger partial charge < -0.3 is 14.6 Å². The molecule has 2 aromatic carbocycles. The molecule has 1 heterocycles. The number of thioether (sulfide) groups is 1. The zero-order chi connectivity index (χ0) is 21.5. The van der Waals surface area contributed by atoms with E-state index in [2.05, 4.69) is 34.6 Å². The Bertz CT molecular complexity index is 1000. The normalized spacial score (nSPS) is 10.8. The number of rotatable bonds is 9. The molecule has 30 heavy (non-hydrogen) atoms. The van der Waals surface area contributed by atoms with Crippen LogP contribution in [0.1, 0.15) is 23.4 Å². The molecule has 1 amide bonds. The van der Waals surface area contributed by atoms with E-state index >= 15 is 0 Å². The molecule has 3 rings (SSSR count). The van der Waals surface area contributed by atoms with Crippen molar-refractivity contribution < 1.29 is 9.53 Å². The van der Waals surface area contributed by atoms with Crippen LogP contribution in [-0.2, 0) is 24.7 Å². The van der Waals surface area contributed by atoms with E-state index < -0.39 is 0 Å². The zero-order valence-corrected chi connectivity index (χ0v) is 18.9. The smallest absolute Gasteiger partial charge is 0.234 e. The summed E-state index contributed by atoms with van der Waals surface area (Å²) in [5.74, 6) is 2.00. The van der Waals surface area contributed by atoms with Gasteiger partial charge in [0.1, 0.15) is 11.6 Å². The number of halogens is 1. The summed E-state index contributed by atoms with van der Waals surface area (Å²) >= 11 is 7.23. The molecular formula is C22H25ClN4O2S. The van der Waals surface area contributed by atoms with Gasteiger partial charge in [-0.3, -0.25) is 4.79 Å². The lowest BCUT2D eigenvalue weighted by Crippen LogP contribution is -2.14. The molecule has 0 saturated carbocycles. The van der Waals surface area contributed by atoms with Crippen LogP contribution in [0.2, 0.25) is 5.02 Å². The third kappa shape index (κ3) is 6.00. The molecule has 0 unspecified atom stereocenters. The van der Waals surface area contributed by atoms with Gasteiger partial charge in [0.05, 0.1) is 12.9 Å². The molecule has 3 aromatic rings. The number of aryl methyl sites for hydroxylation is 3. The van der Waals surface area contributed by atoms with Crippen molar-refractivity contribution in [3.63, 3.8) is 0 Å². The van der Waals surface area contributed by atoms with E-state index in [-0.39, 0.29) is 11.7 Å². The van der Waals surface area contributed by atoms with Gasteiger partial charge in [0.15, 0.2) is 5.16 Å². The molecule has 0 radical (unpaired) electrons. The van der Waals surface area contributed by atoms with Crippen LogP contribution in [-0.4, -0.2) is 33.5 Å². The second kappa shape index (κ2) is 10.5. The lowest BCUT2D eigenvalue weighted by Gasteiger charge is -2.08. The lowest BCUT2D eigenvalue weighted by molar-refractivity contribution is -0.113. The lowest BCUT2D eigenvalue weighted by atomic mass is 10.0. The largest absolute Gasteiger partial charge is 0.496 e. The molecule has 0 aliphatic heterocycles. The minimum Gasteiger partial charge on any atom is -0.496 e. The van der Waals surface area contributed by atoms with Crippen LogP contribution in [0, 0.1) is 6.92 Å². The van der Waals surface area contributed by atoms with Crippen molar-refractivity contribution in [2.45, 2.75) is 31.3 Å². The number of hydrogen-bond acceptors (Lipinski definition) is 5. The third-order valence-corrected chi connectivity index (χ3v) is 5.98. The number of ether oxygens (including phenoxy) is 1. The first-order chi connectivity index (χ1) is 14.5. The summed E-state index contributed by atoms with van der Waals surface area (Å²) in [6, 6.07) is 13.3. The maximum atomic E-state index is 12.2. The van der Waals surface area contributed by atoms with Gasteiger partial charge in [-0.05, 0) is 61.2 Å². The summed E-state index contributed by atoms with van der Waals surface area (Å²) in [7, 11) is 3.62. The van der Waals surface area contributed by atoms with Gasteiger partial charge in [0.25, 0.3) is 0 Å². The van der Waals surface area contributed by atoms with Gasteiger partial charge in [-0.15, -0.1) is 10.2 Å². The van der Waals surface area contributed by atoms with Crippen LogP contribution >= 0.6 is 23.4 Å². The summed E-state index contributed by atoms with van der Waals surface area (Å²) in [5, 5.41) is 12.7. The van der Waals surface area contributed by atoms with Gasteiger partial charge in [-0.1, -0.05) is 35.5 Å². The number of benzene rings is 2. The maximum Gasteiger partial charge on any atom is 0.234 e. The van der Waals surface area contributed by atoms with E-state index in [0.29, 0.717) is 5.02 Å². The van der Waals surface area contributed by atoms with Crippen molar-refractivity contribution in [2.24, 2.45) is 7.05 Å². The number of nitrogens with zero attached hydrogens (tertiary/aromatic N) is 3. The van der Waals surface area contributed by atoms with E-state index in [1.54, 1.807) is 31.4 Å². The Labute approximate surface area is 186 Å². The van der Waals surface area contributed by atoms with Crippen LogP contribution in [0.5, 0.6) is 5.75 Å². The first kappa shape index (κ1) is 22.2. The number of anilines is 1. The van der Waals surface area contributed by atoms with E-state index in [1.807, 2.05) is 17.7 Å². The fourth-order valence-electron chi connectivity index (χ4n) is 3.10. The molecule has 0 atom stereocenters. The molecule has 158 valence electrons. The van der Waals surface area contributed by atoms with Gasteiger partial charge in [0.2, 0.25) is 5.91 Å². The number of carbonyl (C=O) groups is 1. The standard InChI is InChI=1S/C22H25ClN4O2S/c1-15-13-16(7-12-19(15)29-3)5-4-6-20-25-26-22(27(20)2)30-14-21(28)24-18-10-8-17(23)9-11-18/h7-13H,4-6,14H2,1-3H3,(H,24,28). The fraction of sp³-hybridized carbons (Fsp3) is 0.318. The molecule has 1 N–H and O–H groups in total. The number of hydrogen-bond donors (Lipinski definition) is 1. The molecule has 0 fully saturated rings. The van der Waals surface area contributed by atoms with Crippen molar-refractivity contribution >= 4 is 35.0 Å². The topological polar surface area (TPSA) is 69.0 Å². The van der Waals surface area contributed by atoms with Crippen molar-refractivity contribution in [3.05, 3.63) is 64.4 Å². The maximum absolute atomic E-state index is 12.2. The van der Waals surface area contributed by atoms with Crippen LogP contribution in [0.15, 0.2) is 47.6 Å². The first-order valence-corrected chi connectivity index (χ1v) is 11.0. The molecule has 8 heteroatoms. The van der Waals surface area contributed by atoms with Crippen LogP contribution in [0.4, 0.5) is 5.69 Å². The average Bonchev–Trinajstić information content (AvgIpc) is 3.08. The van der Waals surface area contributed by atoms with Gasteiger partial charge >= 0.3 is 0 Å². The Hall–Kier alpha value is -2.51. The molecule has 0 saturated heterocycles. The van der Waals surface area contributed by atoms with Crippen LogP contribution in [0.3, 0.4) is 0 Å². The Kier molecular flexibility index (Phi) is 7.76. The average molecular weight is 445 g/mol. The van der Waals surface area contributed by atoms with E-state index in [1.165, 1.54) is 17.3 Å².